The van der Waals surface area contributed by atoms with Crippen molar-refractivity contribution >= 4 is 29.6 Å². The van der Waals surface area contributed by atoms with E-state index in [2.05, 4.69) is 21.3 Å². The van der Waals surface area contributed by atoms with E-state index in [0.29, 0.717) is 12.8 Å². The van der Waals surface area contributed by atoms with Gasteiger partial charge in [-0.15, -0.1) is 0 Å². The minimum absolute atomic E-state index is 0.0957. The summed E-state index contributed by atoms with van der Waals surface area (Å²) < 4.78 is 0. The number of aliphatic carboxylic acids is 1. The molecule has 0 aliphatic heterocycles. The van der Waals surface area contributed by atoms with Crippen LogP contribution in [0.3, 0.4) is 0 Å². The van der Waals surface area contributed by atoms with Crippen LogP contribution in [-0.2, 0) is 24.0 Å². The van der Waals surface area contributed by atoms with Crippen LogP contribution in [-0.4, -0.2) is 65.4 Å². The second-order valence-electron chi connectivity index (χ2n) is 9.50. The van der Waals surface area contributed by atoms with E-state index in [9.17, 15) is 24.0 Å². The highest BCUT2D eigenvalue weighted by Crippen LogP contribution is 2.08. The number of carboxylic acids is 1. The second-order valence-corrected chi connectivity index (χ2v) is 9.50. The smallest absolute Gasteiger partial charge is 0.326 e. The average molecular weight is 472 g/mol. The number of carboxylic acid groups (broad SMARTS) is 1. The quantitative estimate of drug-likeness (QED) is 0.202. The molecule has 0 radical (unpaired) electrons. The van der Waals surface area contributed by atoms with Gasteiger partial charge in [-0.1, -0.05) is 41.5 Å². The van der Waals surface area contributed by atoms with Crippen molar-refractivity contribution in [2.75, 3.05) is 6.54 Å². The zero-order valence-corrected chi connectivity index (χ0v) is 20.7. The first kappa shape index (κ1) is 30.3. The molecular weight excluding hydrogens is 430 g/mol. The molecule has 33 heavy (non-hydrogen) atoms. The van der Waals surface area contributed by atoms with Gasteiger partial charge in [0, 0.05) is 0 Å². The molecule has 0 aromatic heterocycles. The Bertz CT molecular complexity index is 695. The summed E-state index contributed by atoms with van der Waals surface area (Å²) in [5.74, 6) is -3.44. The molecule has 0 heterocycles. The van der Waals surface area contributed by atoms with Crippen molar-refractivity contribution in [3.63, 3.8) is 0 Å². The Morgan fingerprint density at radius 1 is 0.758 bits per heavy atom. The van der Waals surface area contributed by atoms with Gasteiger partial charge >= 0.3 is 5.97 Å². The molecule has 0 spiro atoms. The summed E-state index contributed by atoms with van der Waals surface area (Å²) in [4.78, 5) is 60.5. The van der Waals surface area contributed by atoms with Gasteiger partial charge < -0.3 is 32.1 Å². The average Bonchev–Trinajstić information content (AvgIpc) is 2.67. The molecule has 0 saturated heterocycles. The molecule has 0 bridgehead atoms. The zero-order valence-electron chi connectivity index (χ0n) is 20.7. The van der Waals surface area contributed by atoms with E-state index in [1.165, 1.54) is 6.92 Å². The highest BCUT2D eigenvalue weighted by Gasteiger charge is 2.28. The number of hydrogen-bond acceptors (Lipinski definition) is 6. The first-order valence-electron chi connectivity index (χ1n) is 11.3. The fraction of sp³-hybridized carbons (Fsp3) is 0.773. The van der Waals surface area contributed by atoms with Crippen molar-refractivity contribution < 1.29 is 29.1 Å². The van der Waals surface area contributed by atoms with Gasteiger partial charge in [0.25, 0.3) is 0 Å². The van der Waals surface area contributed by atoms with Gasteiger partial charge in [0.15, 0.2) is 0 Å². The van der Waals surface area contributed by atoms with Crippen molar-refractivity contribution in [1.82, 2.24) is 21.3 Å². The Hall–Kier alpha value is -2.69. The van der Waals surface area contributed by atoms with Crippen LogP contribution in [0.4, 0.5) is 0 Å². The Morgan fingerprint density at radius 2 is 1.30 bits per heavy atom. The summed E-state index contributed by atoms with van der Waals surface area (Å²) in [7, 11) is 0. The molecule has 11 heteroatoms. The highest BCUT2D eigenvalue weighted by atomic mass is 16.4. The maximum atomic E-state index is 12.7. The maximum absolute atomic E-state index is 12.7. The molecule has 0 unspecified atom stereocenters. The van der Waals surface area contributed by atoms with Crippen LogP contribution < -0.4 is 27.0 Å². The van der Waals surface area contributed by atoms with Crippen LogP contribution >= 0.6 is 0 Å². The van der Waals surface area contributed by atoms with Gasteiger partial charge in [-0.25, -0.2) is 4.79 Å². The van der Waals surface area contributed by atoms with Crippen molar-refractivity contribution in [2.24, 2.45) is 23.5 Å². The van der Waals surface area contributed by atoms with Crippen LogP contribution in [0.25, 0.3) is 0 Å². The summed E-state index contributed by atoms with van der Waals surface area (Å²) in [5.41, 5.74) is 5.90. The minimum Gasteiger partial charge on any atom is -0.480 e. The molecule has 190 valence electrons. The molecule has 0 saturated carbocycles. The monoisotopic (exact) mass is 471 g/mol. The first-order chi connectivity index (χ1) is 15.1. The molecular formula is C22H41N5O6. The van der Waals surface area contributed by atoms with Gasteiger partial charge in [-0.3, -0.25) is 19.2 Å². The number of amides is 4. The number of rotatable bonds is 14. The van der Waals surface area contributed by atoms with Gasteiger partial charge in [0.1, 0.15) is 18.1 Å². The van der Waals surface area contributed by atoms with E-state index in [0.717, 1.165) is 0 Å². The van der Waals surface area contributed by atoms with E-state index in [-0.39, 0.29) is 17.8 Å². The van der Waals surface area contributed by atoms with Crippen molar-refractivity contribution in [3.8, 4) is 0 Å². The third-order valence-electron chi connectivity index (χ3n) is 4.83. The number of nitrogens with one attached hydrogen (secondary N) is 4. The fourth-order valence-electron chi connectivity index (χ4n) is 3.03. The summed E-state index contributed by atoms with van der Waals surface area (Å²) in [6.07, 6.45) is 0.830. The summed E-state index contributed by atoms with van der Waals surface area (Å²) >= 11 is 0. The fourth-order valence-corrected chi connectivity index (χ4v) is 3.03. The van der Waals surface area contributed by atoms with Crippen molar-refractivity contribution in [1.29, 1.82) is 0 Å². The molecule has 4 amide bonds. The zero-order chi connectivity index (χ0) is 25.9. The summed E-state index contributed by atoms with van der Waals surface area (Å²) in [6, 6.07) is -3.67. The number of carbonyl (C=O) groups excluding carboxylic acids is 4. The lowest BCUT2D eigenvalue weighted by Crippen LogP contribution is -2.56. The molecule has 4 atom stereocenters. The lowest BCUT2D eigenvalue weighted by molar-refractivity contribution is -0.143. The number of hydrogen-bond donors (Lipinski definition) is 6. The van der Waals surface area contributed by atoms with E-state index < -0.39 is 60.3 Å². The van der Waals surface area contributed by atoms with E-state index in [1.54, 1.807) is 13.8 Å². The van der Waals surface area contributed by atoms with E-state index in [1.807, 2.05) is 27.7 Å². The van der Waals surface area contributed by atoms with E-state index in [4.69, 9.17) is 10.8 Å². The largest absolute Gasteiger partial charge is 0.480 e. The van der Waals surface area contributed by atoms with Crippen LogP contribution in [0.2, 0.25) is 0 Å². The van der Waals surface area contributed by atoms with E-state index >= 15 is 0 Å². The normalized spacial score (nSPS) is 14.9. The molecule has 0 fully saturated rings. The predicted octanol–water partition coefficient (Wildman–Crippen LogP) is -0.263. The van der Waals surface area contributed by atoms with Gasteiger partial charge in [-0.05, 0) is 37.5 Å². The summed E-state index contributed by atoms with van der Waals surface area (Å²) in [6.45, 7) is 12.0. The molecule has 0 aliphatic rings. The Kier molecular flexibility index (Phi) is 13.3. The molecule has 11 nitrogen and oxygen atoms in total. The van der Waals surface area contributed by atoms with Gasteiger partial charge in [0.2, 0.25) is 23.6 Å². The van der Waals surface area contributed by atoms with Crippen LogP contribution in [0, 0.1) is 17.8 Å². The standard InChI is InChI=1S/C22H41N5O6/c1-11(2)8-15(23)20(30)26-16(9-12(3)4)21(31)25-14(7)19(29)24-10-17(28)27-18(13(5)6)22(32)33/h11-16,18H,8-10,23H2,1-7H3,(H,24,29)(H,25,31)(H,26,30)(H,27,28)(H,32,33)/t14-,15-,16-,18-/m0/s1. The molecule has 7 N–H and O–H groups in total. The van der Waals surface area contributed by atoms with Crippen LogP contribution in [0.1, 0.15) is 61.3 Å². The Balaban J connectivity index is 4.89. The lowest BCUT2D eigenvalue weighted by Gasteiger charge is -2.24. The Morgan fingerprint density at radius 3 is 1.76 bits per heavy atom. The molecule has 0 aliphatic carbocycles. The number of nitrogens with two attached hydrogens (primary N) is 1. The first-order valence-corrected chi connectivity index (χ1v) is 11.3. The van der Waals surface area contributed by atoms with Gasteiger partial charge in [0.05, 0.1) is 12.6 Å². The second kappa shape index (κ2) is 14.5. The number of carbonyl (C=O) groups is 5. The minimum atomic E-state index is -1.17. The molecule has 0 aromatic rings. The third kappa shape index (κ3) is 12.2. The van der Waals surface area contributed by atoms with Crippen molar-refractivity contribution in [2.45, 2.75) is 85.5 Å². The predicted molar refractivity (Wildman–Crippen MR) is 124 cm³/mol. The molecule has 0 rings (SSSR count). The SMILES string of the molecule is CC(C)C[C@H](NC(=O)[C@@H](N)CC(C)C)C(=O)N[C@@H](C)C(=O)NCC(=O)N[C@H](C(=O)O)C(C)C. The lowest BCUT2D eigenvalue weighted by atomic mass is 10.0. The Labute approximate surface area is 196 Å². The van der Waals surface area contributed by atoms with Crippen LogP contribution in [0.5, 0.6) is 0 Å². The topological polar surface area (TPSA) is 180 Å². The summed E-state index contributed by atoms with van der Waals surface area (Å²) in [5, 5.41) is 19.0. The third-order valence-corrected chi connectivity index (χ3v) is 4.83. The van der Waals surface area contributed by atoms with Crippen molar-refractivity contribution in [3.05, 3.63) is 0 Å². The van der Waals surface area contributed by atoms with Crippen LogP contribution in [0.15, 0.2) is 0 Å². The van der Waals surface area contributed by atoms with Gasteiger partial charge in [-0.2, -0.15) is 0 Å². The molecule has 0 aromatic carbocycles. The maximum Gasteiger partial charge on any atom is 0.326 e. The highest BCUT2D eigenvalue weighted by molar-refractivity contribution is 5.94.